The predicted molar refractivity (Wildman–Crippen MR) is 91.0 cm³/mol. The average molecular weight is 343 g/mol. The summed E-state index contributed by atoms with van der Waals surface area (Å²) >= 11 is 5.92. The van der Waals surface area contributed by atoms with Gasteiger partial charge in [-0.2, -0.15) is 0 Å². The SMILES string of the molecule is CC(NC(=O)c1cn2cc(Cl)ccc2n1)c1ccc(C(N)=O)cc1. The van der Waals surface area contributed by atoms with Gasteiger partial charge in [0.2, 0.25) is 5.91 Å². The topological polar surface area (TPSA) is 89.5 Å². The molecule has 2 amide bonds. The maximum atomic E-state index is 12.4. The first-order valence-electron chi connectivity index (χ1n) is 7.29. The van der Waals surface area contributed by atoms with E-state index in [9.17, 15) is 9.59 Å². The molecular formula is C17H15ClN4O2. The van der Waals surface area contributed by atoms with Crippen molar-refractivity contribution >= 4 is 29.1 Å². The van der Waals surface area contributed by atoms with Crippen molar-refractivity contribution in [3.63, 3.8) is 0 Å². The number of fused-ring (bicyclic) bond motifs is 1. The number of primary amides is 1. The molecule has 3 rings (SSSR count). The largest absolute Gasteiger partial charge is 0.366 e. The molecule has 0 saturated carbocycles. The van der Waals surface area contributed by atoms with E-state index >= 15 is 0 Å². The van der Waals surface area contributed by atoms with E-state index in [2.05, 4.69) is 10.3 Å². The molecule has 0 aliphatic rings. The standard InChI is InChI=1S/C17H15ClN4O2/c1-10(11-2-4-12(5-3-11)16(19)23)20-17(24)14-9-22-8-13(18)6-7-15(22)21-14/h2-10H,1H3,(H2,19,23)(H,20,24). The Bertz CT molecular complexity index is 918. The minimum Gasteiger partial charge on any atom is -0.366 e. The molecule has 0 radical (unpaired) electrons. The molecule has 0 aliphatic heterocycles. The van der Waals surface area contributed by atoms with Gasteiger partial charge < -0.3 is 15.5 Å². The van der Waals surface area contributed by atoms with Gasteiger partial charge in [-0.15, -0.1) is 0 Å². The molecule has 6 nitrogen and oxygen atoms in total. The monoisotopic (exact) mass is 342 g/mol. The molecule has 0 spiro atoms. The highest BCUT2D eigenvalue weighted by atomic mass is 35.5. The lowest BCUT2D eigenvalue weighted by molar-refractivity contribution is 0.0934. The van der Waals surface area contributed by atoms with Crippen LogP contribution in [0, 0.1) is 0 Å². The number of rotatable bonds is 4. The van der Waals surface area contributed by atoms with E-state index < -0.39 is 5.91 Å². The zero-order chi connectivity index (χ0) is 17.3. The van der Waals surface area contributed by atoms with Crippen LogP contribution in [0.1, 0.15) is 39.4 Å². The predicted octanol–water partition coefficient (Wildman–Crippen LogP) is 2.58. The Morgan fingerprint density at radius 3 is 2.54 bits per heavy atom. The first-order valence-corrected chi connectivity index (χ1v) is 7.67. The number of carbonyl (C=O) groups is 2. The summed E-state index contributed by atoms with van der Waals surface area (Å²) in [6.07, 6.45) is 3.31. The van der Waals surface area contributed by atoms with E-state index in [1.54, 1.807) is 53.2 Å². The fourth-order valence-electron chi connectivity index (χ4n) is 2.36. The molecule has 1 unspecified atom stereocenters. The second-order valence-electron chi connectivity index (χ2n) is 5.42. The molecule has 0 bridgehead atoms. The Hall–Kier alpha value is -2.86. The summed E-state index contributed by atoms with van der Waals surface area (Å²) in [7, 11) is 0. The third kappa shape index (κ3) is 3.23. The third-order valence-electron chi connectivity index (χ3n) is 3.69. The van der Waals surface area contributed by atoms with Crippen LogP contribution in [0.4, 0.5) is 0 Å². The highest BCUT2D eigenvalue weighted by Crippen LogP contribution is 2.15. The number of nitrogens with two attached hydrogens (primary N) is 1. The van der Waals surface area contributed by atoms with Crippen molar-refractivity contribution in [2.75, 3.05) is 0 Å². The number of pyridine rings is 1. The number of amides is 2. The molecule has 3 N–H and O–H groups in total. The highest BCUT2D eigenvalue weighted by molar-refractivity contribution is 6.30. The summed E-state index contributed by atoms with van der Waals surface area (Å²) < 4.78 is 1.70. The van der Waals surface area contributed by atoms with Crippen LogP contribution >= 0.6 is 11.6 Å². The molecule has 0 aliphatic carbocycles. The Labute approximate surface area is 143 Å². The molecule has 122 valence electrons. The minimum atomic E-state index is -0.485. The quantitative estimate of drug-likeness (QED) is 0.763. The van der Waals surface area contributed by atoms with Gasteiger partial charge in [0.15, 0.2) is 0 Å². The van der Waals surface area contributed by atoms with E-state index in [1.165, 1.54) is 0 Å². The van der Waals surface area contributed by atoms with Gasteiger partial charge in [0.25, 0.3) is 5.91 Å². The number of aromatic nitrogens is 2. The van der Waals surface area contributed by atoms with Crippen LogP contribution in [0.3, 0.4) is 0 Å². The van der Waals surface area contributed by atoms with Crippen molar-refractivity contribution in [2.45, 2.75) is 13.0 Å². The lowest BCUT2D eigenvalue weighted by Gasteiger charge is -2.13. The van der Waals surface area contributed by atoms with Gasteiger partial charge in [0.1, 0.15) is 11.3 Å². The van der Waals surface area contributed by atoms with Crippen LogP contribution in [0.2, 0.25) is 5.02 Å². The van der Waals surface area contributed by atoms with Gasteiger partial charge in [-0.05, 0) is 36.8 Å². The van der Waals surface area contributed by atoms with Crippen LogP contribution in [-0.2, 0) is 0 Å². The number of carbonyl (C=O) groups excluding carboxylic acids is 2. The van der Waals surface area contributed by atoms with Crippen molar-refractivity contribution in [1.82, 2.24) is 14.7 Å². The number of nitrogens with one attached hydrogen (secondary N) is 1. The molecule has 1 aromatic carbocycles. The normalized spacial score (nSPS) is 12.1. The summed E-state index contributed by atoms with van der Waals surface area (Å²) in [5.41, 5.74) is 7.45. The zero-order valence-electron chi connectivity index (χ0n) is 12.9. The zero-order valence-corrected chi connectivity index (χ0v) is 13.6. The van der Waals surface area contributed by atoms with Crippen molar-refractivity contribution in [1.29, 1.82) is 0 Å². The maximum absolute atomic E-state index is 12.4. The van der Waals surface area contributed by atoms with E-state index in [4.69, 9.17) is 17.3 Å². The number of halogens is 1. The third-order valence-corrected chi connectivity index (χ3v) is 3.91. The Kier molecular flexibility index (Phi) is 4.22. The fraction of sp³-hybridized carbons (Fsp3) is 0.118. The summed E-state index contributed by atoms with van der Waals surface area (Å²) in [5, 5.41) is 3.44. The lowest BCUT2D eigenvalue weighted by Crippen LogP contribution is -2.27. The van der Waals surface area contributed by atoms with Crippen LogP contribution in [-0.4, -0.2) is 21.2 Å². The van der Waals surface area contributed by atoms with Crippen LogP contribution in [0.15, 0.2) is 48.8 Å². The first kappa shape index (κ1) is 16.0. The van der Waals surface area contributed by atoms with E-state index in [-0.39, 0.29) is 11.9 Å². The Balaban J connectivity index is 1.76. The Morgan fingerprint density at radius 1 is 1.17 bits per heavy atom. The second kappa shape index (κ2) is 6.33. The number of hydrogen-bond donors (Lipinski definition) is 2. The summed E-state index contributed by atoms with van der Waals surface area (Å²) in [6, 6.07) is 10.00. The van der Waals surface area contributed by atoms with Gasteiger partial charge in [-0.3, -0.25) is 9.59 Å². The smallest absolute Gasteiger partial charge is 0.271 e. The van der Waals surface area contributed by atoms with Crippen LogP contribution in [0.5, 0.6) is 0 Å². The molecule has 3 aromatic rings. The highest BCUT2D eigenvalue weighted by Gasteiger charge is 2.15. The van der Waals surface area contributed by atoms with Gasteiger partial charge in [0, 0.05) is 18.0 Å². The van der Waals surface area contributed by atoms with E-state index in [1.807, 2.05) is 6.92 Å². The van der Waals surface area contributed by atoms with Gasteiger partial charge in [-0.25, -0.2) is 4.98 Å². The van der Waals surface area contributed by atoms with Gasteiger partial charge >= 0.3 is 0 Å². The first-order chi connectivity index (χ1) is 11.4. The summed E-state index contributed by atoms with van der Waals surface area (Å²) in [4.78, 5) is 27.7. The minimum absolute atomic E-state index is 0.243. The number of hydrogen-bond acceptors (Lipinski definition) is 3. The average Bonchev–Trinajstić information content (AvgIpc) is 2.98. The number of nitrogens with zero attached hydrogens (tertiary/aromatic N) is 2. The molecule has 2 aromatic heterocycles. The summed E-state index contributed by atoms with van der Waals surface area (Å²) in [6.45, 7) is 1.85. The number of imidazole rings is 1. The second-order valence-corrected chi connectivity index (χ2v) is 5.86. The van der Waals surface area contributed by atoms with E-state index in [0.717, 1.165) is 5.56 Å². The molecule has 0 fully saturated rings. The molecular weight excluding hydrogens is 328 g/mol. The fourth-order valence-corrected chi connectivity index (χ4v) is 2.53. The number of benzene rings is 1. The van der Waals surface area contributed by atoms with Crippen molar-refractivity contribution in [2.24, 2.45) is 5.73 Å². The molecule has 2 heterocycles. The maximum Gasteiger partial charge on any atom is 0.271 e. The van der Waals surface area contributed by atoms with Crippen molar-refractivity contribution < 1.29 is 9.59 Å². The van der Waals surface area contributed by atoms with Gasteiger partial charge in [0.05, 0.1) is 11.1 Å². The van der Waals surface area contributed by atoms with Crippen molar-refractivity contribution in [3.8, 4) is 0 Å². The van der Waals surface area contributed by atoms with E-state index in [0.29, 0.717) is 21.9 Å². The van der Waals surface area contributed by atoms with Crippen LogP contribution in [0.25, 0.3) is 5.65 Å². The molecule has 1 atom stereocenters. The van der Waals surface area contributed by atoms with Gasteiger partial charge in [-0.1, -0.05) is 23.7 Å². The molecule has 0 saturated heterocycles. The molecule has 7 heteroatoms. The molecule has 24 heavy (non-hydrogen) atoms. The van der Waals surface area contributed by atoms with Crippen LogP contribution < -0.4 is 11.1 Å². The Morgan fingerprint density at radius 2 is 1.88 bits per heavy atom. The summed E-state index contributed by atoms with van der Waals surface area (Å²) in [5.74, 6) is -0.775. The van der Waals surface area contributed by atoms with Crippen molar-refractivity contribution in [3.05, 3.63) is 70.6 Å². The lowest BCUT2D eigenvalue weighted by atomic mass is 10.1.